The molecule has 0 aliphatic rings. The van der Waals surface area contributed by atoms with E-state index < -0.39 is 0 Å². The minimum Gasteiger partial charge on any atom is -0.330 e. The van der Waals surface area contributed by atoms with Gasteiger partial charge in [-0.25, -0.2) is 0 Å². The van der Waals surface area contributed by atoms with Gasteiger partial charge in [0.15, 0.2) is 0 Å². The van der Waals surface area contributed by atoms with Crippen molar-refractivity contribution in [2.24, 2.45) is 11.7 Å². The molecule has 1 aromatic rings. The molecule has 1 rings (SSSR count). The van der Waals surface area contributed by atoms with Crippen molar-refractivity contribution in [3.05, 3.63) is 35.9 Å². The van der Waals surface area contributed by atoms with Gasteiger partial charge in [-0.1, -0.05) is 57.0 Å². The van der Waals surface area contributed by atoms with Gasteiger partial charge in [0, 0.05) is 13.1 Å². The predicted octanol–water partition coefficient (Wildman–Crippen LogP) is 3.27. The second kappa shape index (κ2) is 9.12. The summed E-state index contributed by atoms with van der Waals surface area (Å²) in [6, 6.07) is 10.7. The molecular weight excluding hydrogens is 220 g/mol. The second-order valence-electron chi connectivity index (χ2n) is 5.05. The molecule has 0 unspecified atom stereocenters. The molecule has 0 fully saturated rings. The van der Waals surface area contributed by atoms with Crippen molar-refractivity contribution in [3.63, 3.8) is 0 Å². The van der Waals surface area contributed by atoms with Crippen molar-refractivity contribution >= 4 is 0 Å². The Hall–Kier alpha value is -0.860. The lowest BCUT2D eigenvalue weighted by atomic mass is 10.0. The van der Waals surface area contributed by atoms with Crippen LogP contribution in [0.4, 0.5) is 0 Å². The molecule has 0 heterocycles. The lowest BCUT2D eigenvalue weighted by Crippen LogP contribution is -2.31. The first kappa shape index (κ1) is 15.2. The van der Waals surface area contributed by atoms with Crippen LogP contribution in [-0.2, 0) is 6.54 Å². The molecular formula is C16H28N2. The number of hydrogen-bond donors (Lipinski definition) is 1. The maximum atomic E-state index is 5.64. The highest BCUT2D eigenvalue weighted by Crippen LogP contribution is 2.13. The lowest BCUT2D eigenvalue weighted by molar-refractivity contribution is 0.214. The third kappa shape index (κ3) is 5.65. The van der Waals surface area contributed by atoms with Crippen LogP contribution in [0, 0.1) is 5.92 Å². The molecule has 0 bridgehead atoms. The van der Waals surface area contributed by atoms with Crippen molar-refractivity contribution in [2.45, 2.75) is 39.7 Å². The summed E-state index contributed by atoms with van der Waals surface area (Å²) in [5.41, 5.74) is 7.04. The standard InChI is InChI=1S/C16H28N2/c1-3-15(4-2)13-18(12-8-11-17)14-16-9-6-5-7-10-16/h5-7,9-10,15H,3-4,8,11-14,17H2,1-2H3. The molecule has 0 spiro atoms. The Morgan fingerprint density at radius 3 is 2.33 bits per heavy atom. The first-order valence-electron chi connectivity index (χ1n) is 7.26. The van der Waals surface area contributed by atoms with E-state index in [1.807, 2.05) is 0 Å². The Balaban J connectivity index is 2.54. The fourth-order valence-electron chi connectivity index (χ4n) is 2.30. The van der Waals surface area contributed by atoms with Gasteiger partial charge in [0.25, 0.3) is 0 Å². The lowest BCUT2D eigenvalue weighted by Gasteiger charge is -2.26. The van der Waals surface area contributed by atoms with Gasteiger partial charge in [0.05, 0.1) is 0 Å². The van der Waals surface area contributed by atoms with Crippen molar-refractivity contribution in [3.8, 4) is 0 Å². The zero-order valence-electron chi connectivity index (χ0n) is 11.9. The highest BCUT2D eigenvalue weighted by molar-refractivity contribution is 5.14. The molecule has 0 atom stereocenters. The third-order valence-electron chi connectivity index (χ3n) is 3.60. The number of benzene rings is 1. The van der Waals surface area contributed by atoms with E-state index in [1.54, 1.807) is 0 Å². The van der Waals surface area contributed by atoms with E-state index in [4.69, 9.17) is 5.73 Å². The molecule has 0 saturated carbocycles. The summed E-state index contributed by atoms with van der Waals surface area (Å²) >= 11 is 0. The van der Waals surface area contributed by atoms with E-state index in [2.05, 4.69) is 49.1 Å². The monoisotopic (exact) mass is 248 g/mol. The molecule has 2 N–H and O–H groups in total. The van der Waals surface area contributed by atoms with E-state index in [1.165, 1.54) is 24.9 Å². The highest BCUT2D eigenvalue weighted by Gasteiger charge is 2.11. The molecule has 0 amide bonds. The second-order valence-corrected chi connectivity index (χ2v) is 5.05. The van der Waals surface area contributed by atoms with Crippen molar-refractivity contribution < 1.29 is 0 Å². The molecule has 2 heteroatoms. The van der Waals surface area contributed by atoms with Crippen LogP contribution in [0.5, 0.6) is 0 Å². The van der Waals surface area contributed by atoms with Crippen LogP contribution >= 0.6 is 0 Å². The summed E-state index contributed by atoms with van der Waals surface area (Å²) in [5, 5.41) is 0. The van der Waals surface area contributed by atoms with E-state index in [-0.39, 0.29) is 0 Å². The fraction of sp³-hybridized carbons (Fsp3) is 0.625. The van der Waals surface area contributed by atoms with Gasteiger partial charge in [0.1, 0.15) is 0 Å². The largest absolute Gasteiger partial charge is 0.330 e. The van der Waals surface area contributed by atoms with Crippen LogP contribution in [0.25, 0.3) is 0 Å². The van der Waals surface area contributed by atoms with Gasteiger partial charge in [-0.15, -0.1) is 0 Å². The normalized spacial score (nSPS) is 11.4. The number of rotatable bonds is 9. The molecule has 0 aliphatic heterocycles. The van der Waals surface area contributed by atoms with Crippen molar-refractivity contribution in [1.29, 1.82) is 0 Å². The average molecular weight is 248 g/mol. The first-order chi connectivity index (χ1) is 8.80. The molecule has 18 heavy (non-hydrogen) atoms. The van der Waals surface area contributed by atoms with Crippen LogP contribution < -0.4 is 5.73 Å². The van der Waals surface area contributed by atoms with E-state index in [9.17, 15) is 0 Å². The molecule has 102 valence electrons. The Bertz CT molecular complexity index is 293. The van der Waals surface area contributed by atoms with Crippen LogP contribution in [0.15, 0.2) is 30.3 Å². The summed E-state index contributed by atoms with van der Waals surface area (Å²) < 4.78 is 0. The Morgan fingerprint density at radius 1 is 1.11 bits per heavy atom. The van der Waals surface area contributed by atoms with Gasteiger partial charge < -0.3 is 5.73 Å². The van der Waals surface area contributed by atoms with Crippen molar-refractivity contribution in [1.82, 2.24) is 4.90 Å². The topological polar surface area (TPSA) is 29.3 Å². The van der Waals surface area contributed by atoms with E-state index >= 15 is 0 Å². The summed E-state index contributed by atoms with van der Waals surface area (Å²) in [4.78, 5) is 2.56. The number of nitrogens with zero attached hydrogens (tertiary/aromatic N) is 1. The Labute approximate surface area is 112 Å². The van der Waals surface area contributed by atoms with Crippen LogP contribution in [0.1, 0.15) is 38.7 Å². The maximum absolute atomic E-state index is 5.64. The number of hydrogen-bond acceptors (Lipinski definition) is 2. The van der Waals surface area contributed by atoms with Gasteiger partial charge >= 0.3 is 0 Å². The quantitative estimate of drug-likeness (QED) is 0.726. The highest BCUT2D eigenvalue weighted by atomic mass is 15.1. The van der Waals surface area contributed by atoms with Gasteiger partial charge in [-0.3, -0.25) is 4.90 Å². The Kier molecular flexibility index (Phi) is 7.70. The molecule has 1 aromatic carbocycles. The zero-order valence-corrected chi connectivity index (χ0v) is 11.9. The summed E-state index contributed by atoms with van der Waals surface area (Å²) in [6.07, 6.45) is 3.63. The van der Waals surface area contributed by atoms with Gasteiger partial charge in [0.2, 0.25) is 0 Å². The van der Waals surface area contributed by atoms with Crippen LogP contribution in [0.2, 0.25) is 0 Å². The molecule has 0 aromatic heterocycles. The Morgan fingerprint density at radius 2 is 1.78 bits per heavy atom. The summed E-state index contributed by atoms with van der Waals surface area (Å²) in [5.74, 6) is 0.812. The van der Waals surface area contributed by atoms with Crippen molar-refractivity contribution in [2.75, 3.05) is 19.6 Å². The predicted molar refractivity (Wildman–Crippen MR) is 79.5 cm³/mol. The van der Waals surface area contributed by atoms with Gasteiger partial charge in [-0.2, -0.15) is 0 Å². The maximum Gasteiger partial charge on any atom is 0.0233 e. The smallest absolute Gasteiger partial charge is 0.0233 e. The molecule has 0 aliphatic carbocycles. The minimum absolute atomic E-state index is 0.786. The van der Waals surface area contributed by atoms with Gasteiger partial charge in [-0.05, 0) is 31.0 Å². The van der Waals surface area contributed by atoms with Crippen LogP contribution in [-0.4, -0.2) is 24.5 Å². The minimum atomic E-state index is 0.786. The summed E-state index contributed by atoms with van der Waals surface area (Å²) in [6.45, 7) is 8.73. The molecule has 0 radical (unpaired) electrons. The fourth-order valence-corrected chi connectivity index (χ4v) is 2.30. The SMILES string of the molecule is CCC(CC)CN(CCCN)Cc1ccccc1. The zero-order chi connectivity index (χ0) is 13.2. The van der Waals surface area contributed by atoms with E-state index in [0.29, 0.717) is 0 Å². The first-order valence-corrected chi connectivity index (χ1v) is 7.26. The van der Waals surface area contributed by atoms with E-state index in [0.717, 1.165) is 32.0 Å². The van der Waals surface area contributed by atoms with Crippen LogP contribution in [0.3, 0.4) is 0 Å². The summed E-state index contributed by atoms with van der Waals surface area (Å²) in [7, 11) is 0. The number of nitrogens with two attached hydrogens (primary N) is 1. The third-order valence-corrected chi connectivity index (χ3v) is 3.60. The molecule has 0 saturated heterocycles. The average Bonchev–Trinajstić information content (AvgIpc) is 2.42. The molecule has 2 nitrogen and oxygen atoms in total.